The number of non-ortho nitro benzene ring substituents is 1. The van der Waals surface area contributed by atoms with Crippen LogP contribution in [0.5, 0.6) is 0 Å². The van der Waals surface area contributed by atoms with Crippen molar-refractivity contribution in [2.75, 3.05) is 6.54 Å². The van der Waals surface area contributed by atoms with Gasteiger partial charge in [0, 0.05) is 35.6 Å². The molecule has 82 valence electrons. The minimum absolute atomic E-state index is 0.0633. The van der Waals surface area contributed by atoms with Crippen LogP contribution >= 0.6 is 0 Å². The molecular formula is C9H8N4O3. The Bertz CT molecular complexity index is 448. The van der Waals surface area contributed by atoms with E-state index in [0.717, 1.165) is 0 Å². The van der Waals surface area contributed by atoms with Gasteiger partial charge in [0.2, 0.25) is 0 Å². The van der Waals surface area contributed by atoms with E-state index >= 15 is 0 Å². The minimum atomic E-state index is -0.534. The molecule has 0 bridgehead atoms. The first-order chi connectivity index (χ1) is 7.65. The zero-order valence-corrected chi connectivity index (χ0v) is 8.24. The lowest BCUT2D eigenvalue weighted by molar-refractivity contribution is -0.384. The highest BCUT2D eigenvalue weighted by atomic mass is 16.6. The van der Waals surface area contributed by atoms with Crippen molar-refractivity contribution in [2.24, 2.45) is 5.11 Å². The van der Waals surface area contributed by atoms with Gasteiger partial charge < -0.3 is 0 Å². The largest absolute Gasteiger partial charge is 0.294 e. The van der Waals surface area contributed by atoms with Gasteiger partial charge in [0.05, 0.1) is 4.92 Å². The molecule has 0 heterocycles. The maximum absolute atomic E-state index is 11.4. The van der Waals surface area contributed by atoms with Gasteiger partial charge in [-0.15, -0.1) is 0 Å². The molecule has 7 nitrogen and oxygen atoms in total. The summed E-state index contributed by atoms with van der Waals surface area (Å²) < 4.78 is 0. The summed E-state index contributed by atoms with van der Waals surface area (Å²) in [5, 5.41) is 13.6. The number of benzene rings is 1. The molecule has 1 rings (SSSR count). The summed E-state index contributed by atoms with van der Waals surface area (Å²) >= 11 is 0. The predicted octanol–water partition coefficient (Wildman–Crippen LogP) is 2.48. The molecule has 0 spiro atoms. The van der Waals surface area contributed by atoms with Crippen molar-refractivity contribution in [3.8, 4) is 0 Å². The van der Waals surface area contributed by atoms with Crippen molar-refractivity contribution in [1.82, 2.24) is 0 Å². The number of nitrogens with zero attached hydrogens (tertiary/aromatic N) is 4. The summed E-state index contributed by atoms with van der Waals surface area (Å²) in [4.78, 5) is 23.8. The van der Waals surface area contributed by atoms with Crippen LogP contribution in [0.25, 0.3) is 10.4 Å². The summed E-state index contributed by atoms with van der Waals surface area (Å²) in [6.45, 7) is 0.0896. The van der Waals surface area contributed by atoms with Crippen molar-refractivity contribution < 1.29 is 9.72 Å². The number of Topliss-reactive ketones (excluding diaryl/α,β-unsaturated/α-hetero) is 1. The normalized spacial score (nSPS) is 9.25. The first kappa shape index (κ1) is 11.7. The molecule has 0 aliphatic carbocycles. The molecule has 0 N–H and O–H groups in total. The van der Waals surface area contributed by atoms with Crippen molar-refractivity contribution in [3.05, 3.63) is 50.4 Å². The van der Waals surface area contributed by atoms with Gasteiger partial charge in [-0.2, -0.15) is 0 Å². The molecule has 1 aromatic rings. The number of nitro benzene ring substituents is 1. The van der Waals surface area contributed by atoms with Crippen LogP contribution in [0.3, 0.4) is 0 Å². The summed E-state index contributed by atoms with van der Waals surface area (Å²) in [6, 6.07) is 5.30. The fraction of sp³-hybridized carbons (Fsp3) is 0.222. The van der Waals surface area contributed by atoms with Crippen molar-refractivity contribution in [1.29, 1.82) is 0 Å². The topological polar surface area (TPSA) is 109 Å². The predicted molar refractivity (Wildman–Crippen MR) is 56.1 cm³/mol. The van der Waals surface area contributed by atoms with E-state index in [1.165, 1.54) is 24.3 Å². The maximum Gasteiger partial charge on any atom is 0.269 e. The number of rotatable bonds is 5. The van der Waals surface area contributed by atoms with Crippen molar-refractivity contribution in [2.45, 2.75) is 6.42 Å². The molecule has 0 radical (unpaired) electrons. The van der Waals surface area contributed by atoms with Crippen LogP contribution in [0.4, 0.5) is 5.69 Å². The fourth-order valence-electron chi connectivity index (χ4n) is 1.11. The number of azide groups is 1. The summed E-state index contributed by atoms with van der Waals surface area (Å²) in [5.74, 6) is -0.206. The van der Waals surface area contributed by atoms with Crippen LogP contribution in [0.2, 0.25) is 0 Å². The van der Waals surface area contributed by atoms with Gasteiger partial charge in [0.15, 0.2) is 5.78 Å². The van der Waals surface area contributed by atoms with Crippen LogP contribution in [-0.2, 0) is 0 Å². The molecule has 0 amide bonds. The summed E-state index contributed by atoms with van der Waals surface area (Å²) in [6.07, 6.45) is 0.0991. The van der Waals surface area contributed by atoms with E-state index in [2.05, 4.69) is 10.0 Å². The Labute approximate surface area is 90.5 Å². The Morgan fingerprint density at radius 3 is 2.56 bits per heavy atom. The van der Waals surface area contributed by atoms with Gasteiger partial charge in [0.1, 0.15) is 0 Å². The quantitative estimate of drug-likeness (QED) is 0.190. The summed E-state index contributed by atoms with van der Waals surface area (Å²) in [7, 11) is 0. The van der Waals surface area contributed by atoms with E-state index in [1.54, 1.807) is 0 Å². The van der Waals surface area contributed by atoms with Gasteiger partial charge in [-0.1, -0.05) is 5.11 Å². The van der Waals surface area contributed by atoms with E-state index in [0.29, 0.717) is 5.56 Å². The number of hydrogen-bond acceptors (Lipinski definition) is 4. The van der Waals surface area contributed by atoms with Gasteiger partial charge >= 0.3 is 0 Å². The molecular weight excluding hydrogens is 212 g/mol. The second kappa shape index (κ2) is 5.47. The third-order valence-corrected chi connectivity index (χ3v) is 1.90. The minimum Gasteiger partial charge on any atom is -0.294 e. The van der Waals surface area contributed by atoms with E-state index in [9.17, 15) is 14.9 Å². The van der Waals surface area contributed by atoms with Crippen LogP contribution in [0, 0.1) is 10.1 Å². The average molecular weight is 220 g/mol. The third kappa shape index (κ3) is 3.07. The van der Waals surface area contributed by atoms with E-state index in [-0.39, 0.29) is 24.4 Å². The SMILES string of the molecule is [N-]=[N+]=NCCC(=O)c1ccc([N+](=O)[O-])cc1. The molecule has 0 saturated carbocycles. The van der Waals surface area contributed by atoms with Gasteiger partial charge in [-0.3, -0.25) is 14.9 Å². The number of carbonyl (C=O) groups excluding carboxylic acids is 1. The maximum atomic E-state index is 11.4. The molecule has 7 heteroatoms. The lowest BCUT2D eigenvalue weighted by Crippen LogP contribution is -2.00. The average Bonchev–Trinajstić information content (AvgIpc) is 2.29. The van der Waals surface area contributed by atoms with E-state index in [4.69, 9.17) is 5.53 Å². The van der Waals surface area contributed by atoms with Crippen molar-refractivity contribution >= 4 is 11.5 Å². The van der Waals surface area contributed by atoms with Crippen LogP contribution in [-0.4, -0.2) is 17.3 Å². The molecule has 0 saturated heterocycles. The van der Waals surface area contributed by atoms with Gasteiger partial charge in [0.25, 0.3) is 5.69 Å². The van der Waals surface area contributed by atoms with E-state index in [1.807, 2.05) is 0 Å². The Morgan fingerprint density at radius 2 is 2.06 bits per heavy atom. The monoisotopic (exact) mass is 220 g/mol. The molecule has 0 aromatic heterocycles. The Balaban J connectivity index is 2.70. The highest BCUT2D eigenvalue weighted by Crippen LogP contribution is 2.13. The van der Waals surface area contributed by atoms with E-state index < -0.39 is 4.92 Å². The summed E-state index contributed by atoms with van der Waals surface area (Å²) in [5.41, 5.74) is 8.33. The first-order valence-electron chi connectivity index (χ1n) is 4.43. The highest BCUT2D eigenvalue weighted by molar-refractivity contribution is 5.96. The van der Waals surface area contributed by atoms with Gasteiger partial charge in [-0.25, -0.2) is 0 Å². The Morgan fingerprint density at radius 1 is 1.44 bits per heavy atom. The molecule has 0 aliphatic heterocycles. The number of ketones is 1. The zero-order valence-electron chi connectivity index (χ0n) is 8.24. The first-order valence-corrected chi connectivity index (χ1v) is 4.43. The standard InChI is InChI=1S/C9H8N4O3/c10-12-11-6-5-9(14)7-1-3-8(4-2-7)13(15)16/h1-4H,5-6H2. The van der Waals surface area contributed by atoms with Gasteiger partial charge in [-0.05, 0) is 17.7 Å². The number of hydrogen-bond donors (Lipinski definition) is 0. The molecule has 16 heavy (non-hydrogen) atoms. The van der Waals surface area contributed by atoms with Crippen LogP contribution in [0.15, 0.2) is 29.4 Å². The smallest absolute Gasteiger partial charge is 0.269 e. The molecule has 1 aromatic carbocycles. The molecule has 0 aliphatic rings. The molecule has 0 fully saturated rings. The number of carbonyl (C=O) groups is 1. The van der Waals surface area contributed by atoms with Crippen molar-refractivity contribution in [3.63, 3.8) is 0 Å². The van der Waals surface area contributed by atoms with Crippen LogP contribution < -0.4 is 0 Å². The zero-order chi connectivity index (χ0) is 12.0. The van der Waals surface area contributed by atoms with Crippen LogP contribution in [0.1, 0.15) is 16.8 Å². The lowest BCUT2D eigenvalue weighted by Gasteiger charge is -1.97. The highest BCUT2D eigenvalue weighted by Gasteiger charge is 2.08. The Kier molecular flexibility index (Phi) is 3.99. The second-order valence-corrected chi connectivity index (χ2v) is 2.93. The fourth-order valence-corrected chi connectivity index (χ4v) is 1.11. The Hall–Kier alpha value is -2.40. The lowest BCUT2D eigenvalue weighted by atomic mass is 10.1. The molecule has 0 unspecified atom stereocenters. The third-order valence-electron chi connectivity index (χ3n) is 1.90. The number of nitro groups is 1. The second-order valence-electron chi connectivity index (χ2n) is 2.93. The molecule has 0 atom stereocenters.